The Morgan fingerprint density at radius 1 is 1.11 bits per heavy atom. The number of carbonyl (C=O) groups excluding carboxylic acids is 2. The van der Waals surface area contributed by atoms with Crippen molar-refractivity contribution in [2.24, 2.45) is 5.92 Å². The highest BCUT2D eigenvalue weighted by Gasteiger charge is 2.36. The molecule has 0 saturated heterocycles. The van der Waals surface area contributed by atoms with Crippen molar-refractivity contribution < 1.29 is 19.1 Å². The monoisotopic (exact) mass is 274 g/mol. The van der Waals surface area contributed by atoms with Crippen LogP contribution in [0, 0.1) is 5.92 Å². The molecule has 0 rings (SSSR count). The second-order valence-electron chi connectivity index (χ2n) is 6.60. The van der Waals surface area contributed by atoms with Crippen molar-refractivity contribution in [2.45, 2.75) is 59.0 Å². The lowest BCUT2D eigenvalue weighted by atomic mass is 10.1. The molecule has 106 valence electrons. The van der Waals surface area contributed by atoms with E-state index in [2.05, 4.69) is 19.6 Å². The molecule has 0 aliphatic heterocycles. The number of esters is 2. The van der Waals surface area contributed by atoms with Crippen LogP contribution in [-0.2, 0) is 19.1 Å². The molecule has 0 heterocycles. The van der Waals surface area contributed by atoms with E-state index in [1.807, 2.05) is 0 Å². The fraction of sp³-hybridized carbons (Fsp3) is 0.846. The van der Waals surface area contributed by atoms with Crippen LogP contribution in [0.25, 0.3) is 0 Å². The number of carbonyl (C=O) groups is 2. The average Bonchev–Trinajstić information content (AvgIpc) is 2.10. The van der Waals surface area contributed by atoms with Crippen molar-refractivity contribution >= 4 is 20.0 Å². The van der Waals surface area contributed by atoms with Gasteiger partial charge < -0.3 is 9.47 Å². The first kappa shape index (κ1) is 17.2. The Labute approximate surface area is 111 Å². The van der Waals surface area contributed by atoms with Gasteiger partial charge in [0.1, 0.15) is 5.60 Å². The molecular formula is C13H26O4Si. The van der Waals surface area contributed by atoms with Gasteiger partial charge in [-0.05, 0) is 33.7 Å². The van der Waals surface area contributed by atoms with E-state index in [-0.39, 0.29) is 6.61 Å². The quantitative estimate of drug-likeness (QED) is 0.439. The lowest BCUT2D eigenvalue weighted by Crippen LogP contribution is -2.38. The number of hydrogen-bond acceptors (Lipinski definition) is 4. The molecule has 0 aliphatic carbocycles. The minimum absolute atomic E-state index is 0.282. The van der Waals surface area contributed by atoms with Crippen LogP contribution in [0.1, 0.15) is 27.7 Å². The average molecular weight is 274 g/mol. The van der Waals surface area contributed by atoms with Gasteiger partial charge in [0.2, 0.25) is 0 Å². The van der Waals surface area contributed by atoms with E-state index in [0.29, 0.717) is 6.04 Å². The molecule has 4 nitrogen and oxygen atoms in total. The molecule has 0 aliphatic rings. The van der Waals surface area contributed by atoms with Crippen LogP contribution < -0.4 is 0 Å². The summed E-state index contributed by atoms with van der Waals surface area (Å²) in [6, 6.07) is 0.556. The fourth-order valence-electron chi connectivity index (χ4n) is 1.49. The standard InChI is InChI=1S/C13H26O4Si/c1-8-16-11(14)10(9-18(5,6)7)12(15)17-13(2,3)4/h10H,8-9H2,1-7H3. The van der Waals surface area contributed by atoms with E-state index >= 15 is 0 Å². The molecule has 0 aromatic rings. The van der Waals surface area contributed by atoms with Gasteiger partial charge in [0, 0.05) is 8.07 Å². The Hall–Kier alpha value is -0.843. The zero-order valence-electron chi connectivity index (χ0n) is 12.6. The van der Waals surface area contributed by atoms with E-state index in [1.165, 1.54) is 0 Å². The molecule has 1 unspecified atom stereocenters. The molecule has 5 heteroatoms. The van der Waals surface area contributed by atoms with E-state index in [0.717, 1.165) is 0 Å². The number of rotatable bonds is 5. The van der Waals surface area contributed by atoms with Crippen molar-refractivity contribution in [3.05, 3.63) is 0 Å². The van der Waals surface area contributed by atoms with Gasteiger partial charge in [0.05, 0.1) is 6.61 Å². The highest BCUT2D eigenvalue weighted by molar-refractivity contribution is 6.76. The molecular weight excluding hydrogens is 248 g/mol. The third-order valence-corrected chi connectivity index (χ3v) is 3.71. The Kier molecular flexibility index (Phi) is 6.06. The van der Waals surface area contributed by atoms with Gasteiger partial charge in [0.25, 0.3) is 0 Å². The second-order valence-corrected chi connectivity index (χ2v) is 12.1. The molecule has 0 spiro atoms. The third-order valence-electron chi connectivity index (χ3n) is 2.08. The van der Waals surface area contributed by atoms with Crippen molar-refractivity contribution in [1.29, 1.82) is 0 Å². The topological polar surface area (TPSA) is 52.6 Å². The summed E-state index contributed by atoms with van der Waals surface area (Å²) in [6.45, 7) is 13.7. The maximum absolute atomic E-state index is 12.1. The normalized spacial score (nSPS) is 13.9. The van der Waals surface area contributed by atoms with Gasteiger partial charge >= 0.3 is 11.9 Å². The Bertz CT molecular complexity index is 299. The van der Waals surface area contributed by atoms with Crippen LogP contribution in [0.15, 0.2) is 0 Å². The van der Waals surface area contributed by atoms with Crippen molar-refractivity contribution in [1.82, 2.24) is 0 Å². The van der Waals surface area contributed by atoms with Crippen molar-refractivity contribution in [3.8, 4) is 0 Å². The summed E-state index contributed by atoms with van der Waals surface area (Å²) < 4.78 is 10.3. The number of hydrogen-bond donors (Lipinski definition) is 0. The van der Waals surface area contributed by atoms with E-state index in [4.69, 9.17) is 9.47 Å². The smallest absolute Gasteiger partial charge is 0.320 e. The highest BCUT2D eigenvalue weighted by atomic mass is 28.3. The van der Waals surface area contributed by atoms with Crippen LogP contribution in [-0.4, -0.2) is 32.2 Å². The SMILES string of the molecule is CCOC(=O)C(C[Si](C)(C)C)C(=O)OC(C)(C)C. The minimum atomic E-state index is -1.55. The number of ether oxygens (including phenoxy) is 2. The van der Waals surface area contributed by atoms with E-state index in [9.17, 15) is 9.59 Å². The van der Waals surface area contributed by atoms with Crippen LogP contribution >= 0.6 is 0 Å². The Balaban J connectivity index is 4.86. The molecule has 1 atom stereocenters. The first-order valence-corrected chi connectivity index (χ1v) is 10.1. The Morgan fingerprint density at radius 2 is 1.61 bits per heavy atom. The summed E-state index contributed by atoms with van der Waals surface area (Å²) in [7, 11) is -1.55. The van der Waals surface area contributed by atoms with Gasteiger partial charge in [0.15, 0.2) is 5.92 Å². The zero-order chi connectivity index (χ0) is 14.6. The summed E-state index contributed by atoms with van der Waals surface area (Å²) in [5.41, 5.74) is -0.582. The van der Waals surface area contributed by atoms with Crippen LogP contribution in [0.5, 0.6) is 0 Å². The van der Waals surface area contributed by atoms with Gasteiger partial charge in [-0.2, -0.15) is 0 Å². The predicted molar refractivity (Wildman–Crippen MR) is 74.1 cm³/mol. The van der Waals surface area contributed by atoms with Crippen LogP contribution in [0.3, 0.4) is 0 Å². The lowest BCUT2D eigenvalue weighted by Gasteiger charge is -2.26. The van der Waals surface area contributed by atoms with Gasteiger partial charge in [-0.15, -0.1) is 0 Å². The molecule has 0 radical (unpaired) electrons. The van der Waals surface area contributed by atoms with Gasteiger partial charge in [-0.1, -0.05) is 19.6 Å². The molecule has 0 fully saturated rings. The molecule has 0 aromatic heterocycles. The summed E-state index contributed by atoms with van der Waals surface area (Å²) in [5, 5.41) is 0. The first-order valence-electron chi connectivity index (χ1n) is 6.36. The fourth-order valence-corrected chi connectivity index (χ4v) is 3.05. The summed E-state index contributed by atoms with van der Waals surface area (Å²) in [5.74, 6) is -1.71. The summed E-state index contributed by atoms with van der Waals surface area (Å²) in [6.07, 6.45) is 0. The molecule has 0 saturated carbocycles. The zero-order valence-corrected chi connectivity index (χ0v) is 13.6. The molecule has 0 bridgehead atoms. The summed E-state index contributed by atoms with van der Waals surface area (Å²) in [4.78, 5) is 23.9. The lowest BCUT2D eigenvalue weighted by molar-refractivity contribution is -0.168. The minimum Gasteiger partial charge on any atom is -0.465 e. The Morgan fingerprint density at radius 3 is 1.94 bits per heavy atom. The molecule has 0 aromatic carbocycles. The van der Waals surface area contributed by atoms with Gasteiger partial charge in [-0.25, -0.2) is 0 Å². The first-order chi connectivity index (χ1) is 7.96. The van der Waals surface area contributed by atoms with Crippen LogP contribution in [0.4, 0.5) is 0 Å². The third kappa shape index (κ3) is 7.48. The van der Waals surface area contributed by atoms with E-state index in [1.54, 1.807) is 27.7 Å². The second kappa shape index (κ2) is 6.36. The molecule has 18 heavy (non-hydrogen) atoms. The molecule has 0 amide bonds. The van der Waals surface area contributed by atoms with Crippen molar-refractivity contribution in [3.63, 3.8) is 0 Å². The van der Waals surface area contributed by atoms with Gasteiger partial charge in [-0.3, -0.25) is 9.59 Å². The maximum atomic E-state index is 12.1. The molecule has 0 N–H and O–H groups in total. The van der Waals surface area contributed by atoms with E-state index < -0.39 is 31.5 Å². The highest BCUT2D eigenvalue weighted by Crippen LogP contribution is 2.22. The van der Waals surface area contributed by atoms with Crippen LogP contribution in [0.2, 0.25) is 25.7 Å². The maximum Gasteiger partial charge on any atom is 0.320 e. The largest absolute Gasteiger partial charge is 0.465 e. The summed E-state index contributed by atoms with van der Waals surface area (Å²) >= 11 is 0. The predicted octanol–water partition coefficient (Wildman–Crippen LogP) is 2.85. The van der Waals surface area contributed by atoms with Crippen molar-refractivity contribution in [2.75, 3.05) is 6.61 Å².